The molecule has 0 atom stereocenters. The lowest BCUT2D eigenvalue weighted by Gasteiger charge is -2.34. The molecule has 2 aliphatic rings. The number of morpholine rings is 2. The minimum atomic E-state index is -0.694. The van der Waals surface area contributed by atoms with Gasteiger partial charge in [-0.25, -0.2) is 19.6 Å². The van der Waals surface area contributed by atoms with Gasteiger partial charge in [-0.1, -0.05) is 0 Å². The third kappa shape index (κ3) is 9.31. The number of hydrogen-bond donors (Lipinski definition) is 2. The summed E-state index contributed by atoms with van der Waals surface area (Å²) >= 11 is 0. The van der Waals surface area contributed by atoms with E-state index in [1.54, 1.807) is 113 Å². The topological polar surface area (TPSA) is 241 Å². The van der Waals surface area contributed by atoms with Gasteiger partial charge in [-0.05, 0) is 80.6 Å². The number of nitrogens with zero attached hydrogens (tertiary/aromatic N) is 17. The van der Waals surface area contributed by atoms with Crippen LogP contribution in [-0.2, 0) is 9.47 Å². The van der Waals surface area contributed by atoms with Crippen molar-refractivity contribution >= 4 is 46.7 Å². The Kier molecular flexibility index (Phi) is 12.2. The molecule has 68 heavy (non-hydrogen) atoms. The number of ether oxygens (including phenoxy) is 2. The number of hydrazine groups is 1. The summed E-state index contributed by atoms with van der Waals surface area (Å²) in [6, 6.07) is 17.5. The molecule has 6 aromatic heterocycles. The fourth-order valence-corrected chi connectivity index (χ4v) is 7.47. The van der Waals surface area contributed by atoms with Crippen molar-refractivity contribution in [2.75, 3.05) is 83.1 Å². The number of rotatable bonds is 10. The van der Waals surface area contributed by atoms with Crippen LogP contribution in [-0.4, -0.2) is 129 Å². The molecule has 23 nitrogen and oxygen atoms in total. The van der Waals surface area contributed by atoms with E-state index in [4.69, 9.17) is 39.4 Å². The first-order chi connectivity index (χ1) is 33.3. The van der Waals surface area contributed by atoms with E-state index in [0.29, 0.717) is 134 Å². The smallest absolute Gasteiger partial charge is 0.345 e. The molecule has 2 saturated heterocycles. The fraction of sp³-hybridized carbons (Fsp3) is 0.222. The van der Waals surface area contributed by atoms with Crippen LogP contribution in [0.25, 0.3) is 34.7 Å². The number of pyridine rings is 1. The van der Waals surface area contributed by atoms with Crippen molar-refractivity contribution in [3.8, 4) is 34.7 Å². The molecule has 8 heterocycles. The lowest BCUT2D eigenvalue weighted by molar-refractivity contribution is 0.122. The summed E-state index contributed by atoms with van der Waals surface area (Å²) < 4.78 is 14.8. The van der Waals surface area contributed by atoms with E-state index in [9.17, 15) is 9.59 Å². The summed E-state index contributed by atoms with van der Waals surface area (Å²) in [6.07, 6.45) is 12.9. The van der Waals surface area contributed by atoms with Crippen molar-refractivity contribution in [3.63, 3.8) is 0 Å². The first-order valence-electron chi connectivity index (χ1n) is 21.6. The highest BCUT2D eigenvalue weighted by Crippen LogP contribution is 2.31. The number of nitrogens with one attached hydrogen (secondary N) is 2. The lowest BCUT2D eigenvalue weighted by atomic mass is 10.1. The van der Waals surface area contributed by atoms with Gasteiger partial charge in [0.15, 0.2) is 11.6 Å². The van der Waals surface area contributed by atoms with Gasteiger partial charge in [0.05, 0.1) is 55.9 Å². The molecule has 0 aliphatic carbocycles. The molecular formula is C45H43N19O4. The molecule has 2 fully saturated rings. The van der Waals surface area contributed by atoms with E-state index in [2.05, 4.69) is 35.8 Å². The van der Waals surface area contributed by atoms with Gasteiger partial charge in [0.2, 0.25) is 23.8 Å². The molecule has 0 saturated carbocycles. The largest absolute Gasteiger partial charge is 0.378 e. The Morgan fingerprint density at radius 3 is 1.38 bits per heavy atom. The van der Waals surface area contributed by atoms with Crippen LogP contribution in [0.1, 0.15) is 11.6 Å². The van der Waals surface area contributed by atoms with Gasteiger partial charge in [-0.3, -0.25) is 14.1 Å². The normalized spacial score (nSPS) is 13.8. The predicted octanol–water partition coefficient (Wildman–Crippen LogP) is 4.93. The van der Waals surface area contributed by atoms with Crippen LogP contribution in [0.5, 0.6) is 0 Å². The molecule has 342 valence electrons. The molecule has 0 bridgehead atoms. The van der Waals surface area contributed by atoms with Crippen LogP contribution < -0.4 is 30.5 Å². The quantitative estimate of drug-likeness (QED) is 0.173. The van der Waals surface area contributed by atoms with Gasteiger partial charge in [-0.2, -0.15) is 50.1 Å². The van der Waals surface area contributed by atoms with Gasteiger partial charge in [-0.15, -0.1) is 0 Å². The second-order valence-electron chi connectivity index (χ2n) is 15.4. The maximum absolute atomic E-state index is 14.8. The number of hydrogen-bond acceptors (Lipinski definition) is 17. The van der Waals surface area contributed by atoms with Crippen molar-refractivity contribution in [2.45, 2.75) is 13.8 Å². The lowest BCUT2D eigenvalue weighted by Crippen LogP contribution is -2.54. The van der Waals surface area contributed by atoms with E-state index in [0.717, 1.165) is 0 Å². The molecule has 10 rings (SSSR count). The van der Waals surface area contributed by atoms with Crippen molar-refractivity contribution in [1.29, 1.82) is 0 Å². The minimum Gasteiger partial charge on any atom is -0.378 e. The van der Waals surface area contributed by atoms with Crippen LogP contribution in [0.2, 0.25) is 0 Å². The van der Waals surface area contributed by atoms with Crippen molar-refractivity contribution in [2.24, 2.45) is 0 Å². The molecule has 2 aliphatic heterocycles. The van der Waals surface area contributed by atoms with Crippen LogP contribution >= 0.6 is 0 Å². The van der Waals surface area contributed by atoms with E-state index in [-0.39, 0.29) is 0 Å². The van der Waals surface area contributed by atoms with Gasteiger partial charge >= 0.3 is 12.1 Å². The van der Waals surface area contributed by atoms with Crippen molar-refractivity contribution < 1.29 is 19.1 Å². The summed E-state index contributed by atoms with van der Waals surface area (Å²) in [4.78, 5) is 75.5. The Labute approximate surface area is 388 Å². The minimum absolute atomic E-state index is 0.309. The first-order valence-corrected chi connectivity index (χ1v) is 21.6. The first kappa shape index (κ1) is 43.1. The summed E-state index contributed by atoms with van der Waals surface area (Å²) in [6.45, 7) is 8.33. The highest BCUT2D eigenvalue weighted by atomic mass is 16.5. The second kappa shape index (κ2) is 19.3. The molecule has 2 aromatic carbocycles. The number of benzene rings is 2. The number of anilines is 6. The van der Waals surface area contributed by atoms with Crippen molar-refractivity contribution in [3.05, 3.63) is 128 Å². The zero-order valence-corrected chi connectivity index (χ0v) is 36.9. The van der Waals surface area contributed by atoms with Crippen molar-refractivity contribution in [1.82, 2.24) is 64.2 Å². The van der Waals surface area contributed by atoms with Gasteiger partial charge in [0, 0.05) is 80.2 Å². The van der Waals surface area contributed by atoms with E-state index < -0.39 is 12.1 Å². The summed E-state index contributed by atoms with van der Waals surface area (Å²) in [5.74, 6) is 3.96. The van der Waals surface area contributed by atoms with E-state index >= 15 is 0 Å². The summed E-state index contributed by atoms with van der Waals surface area (Å²) in [5.41, 5.74) is 2.66. The average Bonchev–Trinajstić information content (AvgIpc) is 4.04. The standard InChI is InChI=1S/C45H43N19O4/c1-30-47-17-19-61(30)42-55-38(53-40(57-42)59-21-25-67-26-22-59)32-3-7-36(8-4-32)63(44(65)51-34-11-14-46-15-12-34)64(45(66)52-35-13-16-49-50-29-35)37-9-5-33(6-10-37)39-54-41(60-23-27-68-28-24-60)58-43(56-39)62-20-18-48-31(62)2/h3-20,29H,21-28H2,1-2H3,(H,46,51,65)(H,49,52,66). The zero-order valence-electron chi connectivity index (χ0n) is 36.9. The van der Waals surface area contributed by atoms with Crippen LogP contribution in [0.15, 0.2) is 116 Å². The number of urea groups is 2. The van der Waals surface area contributed by atoms with Gasteiger partial charge < -0.3 is 29.9 Å². The van der Waals surface area contributed by atoms with E-state index in [1.165, 1.54) is 22.4 Å². The maximum atomic E-state index is 14.8. The highest BCUT2D eigenvalue weighted by Gasteiger charge is 2.31. The predicted molar refractivity (Wildman–Crippen MR) is 250 cm³/mol. The number of carbonyl (C=O) groups excluding carboxylic acids is 2. The Morgan fingerprint density at radius 2 is 0.956 bits per heavy atom. The number of aryl methyl sites for hydroxylation is 2. The Morgan fingerprint density at radius 1 is 0.515 bits per heavy atom. The second-order valence-corrected chi connectivity index (χ2v) is 15.4. The number of aromatic nitrogens is 13. The van der Waals surface area contributed by atoms with E-state index in [1.807, 2.05) is 23.6 Å². The highest BCUT2D eigenvalue weighted by molar-refractivity contribution is 6.13. The Bertz CT molecular complexity index is 2810. The molecule has 0 radical (unpaired) electrons. The third-order valence-electron chi connectivity index (χ3n) is 11.0. The van der Waals surface area contributed by atoms with Gasteiger partial charge in [0.1, 0.15) is 11.6 Å². The summed E-state index contributed by atoms with van der Waals surface area (Å²) in [5, 5.41) is 16.0. The number of imidazole rings is 2. The summed E-state index contributed by atoms with van der Waals surface area (Å²) in [7, 11) is 0. The number of amides is 4. The van der Waals surface area contributed by atoms with Crippen LogP contribution in [0, 0.1) is 13.8 Å². The Balaban J connectivity index is 1.05. The maximum Gasteiger partial charge on any atom is 0.345 e. The molecule has 4 amide bonds. The van der Waals surface area contributed by atoms with Gasteiger partial charge in [0.25, 0.3) is 0 Å². The van der Waals surface area contributed by atoms with Crippen LogP contribution in [0.3, 0.4) is 0 Å². The zero-order chi connectivity index (χ0) is 46.4. The SMILES string of the molecule is Cc1nccn1-c1nc(-c2ccc(N(C(=O)Nc3ccncc3)N(C(=O)Nc3ccnnc3)c3ccc(-c4nc(N5CCOCC5)nc(-n5ccnc5C)n4)cc3)cc2)nc(N2CCOCC2)n1. The molecule has 23 heteroatoms. The monoisotopic (exact) mass is 913 g/mol. The molecule has 0 unspecified atom stereocenters. The molecule has 2 N–H and O–H groups in total. The van der Waals surface area contributed by atoms with Crippen LogP contribution in [0.4, 0.5) is 44.2 Å². The third-order valence-corrected chi connectivity index (χ3v) is 11.0. The Hall–Kier alpha value is -8.83. The fourth-order valence-electron chi connectivity index (χ4n) is 7.47. The molecular weight excluding hydrogens is 871 g/mol. The molecule has 0 spiro atoms. The average molecular weight is 914 g/mol. The number of carbonyl (C=O) groups is 2. The molecule has 8 aromatic rings.